The lowest BCUT2D eigenvalue weighted by Gasteiger charge is -2.36. The van der Waals surface area contributed by atoms with Gasteiger partial charge in [-0.15, -0.1) is 13.2 Å². The summed E-state index contributed by atoms with van der Waals surface area (Å²) in [7, 11) is 0. The summed E-state index contributed by atoms with van der Waals surface area (Å²) >= 11 is 0. The van der Waals surface area contributed by atoms with Gasteiger partial charge >= 0.3 is 12.5 Å². The predicted octanol–water partition coefficient (Wildman–Crippen LogP) is 4.50. The van der Waals surface area contributed by atoms with Crippen molar-refractivity contribution in [1.82, 2.24) is 20.1 Å². The van der Waals surface area contributed by atoms with Crippen molar-refractivity contribution in [2.24, 2.45) is 0 Å². The van der Waals surface area contributed by atoms with E-state index in [-0.39, 0.29) is 25.4 Å². The molecule has 1 N–H and O–H groups in total. The molecular weight excluding hydrogens is 458 g/mol. The van der Waals surface area contributed by atoms with Gasteiger partial charge in [0.25, 0.3) is 0 Å². The van der Waals surface area contributed by atoms with Gasteiger partial charge in [0.05, 0.1) is 42.1 Å². The van der Waals surface area contributed by atoms with Crippen molar-refractivity contribution in [2.45, 2.75) is 45.5 Å². The van der Waals surface area contributed by atoms with Gasteiger partial charge in [0, 0.05) is 6.20 Å². The molecule has 8 nitrogen and oxygen atoms in total. The first-order valence-electron chi connectivity index (χ1n) is 10.5. The lowest BCUT2D eigenvalue weighted by atomic mass is 10.1. The lowest BCUT2D eigenvalue weighted by molar-refractivity contribution is -0.274. The van der Waals surface area contributed by atoms with Crippen LogP contribution in [0, 0.1) is 0 Å². The fourth-order valence-corrected chi connectivity index (χ4v) is 3.54. The molecule has 0 atom stereocenters. The van der Waals surface area contributed by atoms with Crippen molar-refractivity contribution < 1.29 is 31.8 Å². The zero-order valence-corrected chi connectivity index (χ0v) is 18.7. The molecule has 1 amide bonds. The Labute approximate surface area is 192 Å². The Kier molecular flexibility index (Phi) is 6.00. The minimum Gasteiger partial charge on any atom is -0.444 e. The number of nitrogens with zero attached hydrogens (tertiary/aromatic N) is 4. The van der Waals surface area contributed by atoms with Gasteiger partial charge < -0.3 is 19.7 Å². The Morgan fingerprint density at radius 1 is 1.15 bits per heavy atom. The van der Waals surface area contributed by atoms with Crippen molar-refractivity contribution in [3.8, 4) is 11.4 Å². The number of hydrogen-bond acceptors (Lipinski definition) is 6. The highest BCUT2D eigenvalue weighted by Crippen LogP contribution is 2.34. The summed E-state index contributed by atoms with van der Waals surface area (Å²) in [5, 5.41) is 7.81. The first-order chi connectivity index (χ1) is 15.9. The number of carbonyl (C=O) groups is 1. The number of carbonyl (C=O) groups excluding carboxylic acids is 1. The van der Waals surface area contributed by atoms with Gasteiger partial charge in [-0.25, -0.2) is 18.9 Å². The fourth-order valence-electron chi connectivity index (χ4n) is 3.54. The third-order valence-electron chi connectivity index (χ3n) is 4.91. The molecule has 3 heterocycles. The third kappa shape index (κ3) is 5.32. The Morgan fingerprint density at radius 3 is 2.41 bits per heavy atom. The van der Waals surface area contributed by atoms with Crippen LogP contribution in [-0.2, 0) is 11.3 Å². The van der Waals surface area contributed by atoms with Gasteiger partial charge in [0.2, 0.25) is 0 Å². The molecule has 3 aromatic rings. The SMILES string of the molecule is CC(C)(C)OC(=O)NCc1nn(-c2ccc(OC(F)(F)F)cc2)c2nccc(N3CC(F)C3)c12. The fraction of sp³-hybridized carbons (Fsp3) is 0.409. The number of alkyl halides is 4. The van der Waals surface area contributed by atoms with Gasteiger partial charge in [-0.2, -0.15) is 5.10 Å². The molecule has 0 aliphatic carbocycles. The number of benzene rings is 1. The standard InChI is InChI=1S/C22H23F4N5O3/c1-21(2,3)34-20(32)28-10-16-18-17(30-11-13(23)12-30)8-9-27-19(18)31(29-16)14-4-6-15(7-5-14)33-22(24,25)26/h4-9,13H,10-12H2,1-3H3,(H,28,32). The second kappa shape index (κ2) is 8.65. The summed E-state index contributed by atoms with van der Waals surface area (Å²) in [5.74, 6) is -0.372. The normalized spacial score (nSPS) is 14.7. The number of aromatic nitrogens is 3. The number of rotatable bonds is 5. The third-order valence-corrected chi connectivity index (χ3v) is 4.91. The molecule has 4 rings (SSSR count). The number of amides is 1. The number of anilines is 1. The minimum atomic E-state index is -4.80. The highest BCUT2D eigenvalue weighted by atomic mass is 19.4. The largest absolute Gasteiger partial charge is 0.573 e. The van der Waals surface area contributed by atoms with E-state index in [1.165, 1.54) is 28.9 Å². The topological polar surface area (TPSA) is 81.5 Å². The molecule has 2 aromatic heterocycles. The molecule has 182 valence electrons. The van der Waals surface area contributed by atoms with Crippen molar-refractivity contribution in [1.29, 1.82) is 0 Å². The van der Waals surface area contributed by atoms with Crippen LogP contribution in [0.4, 0.5) is 28.0 Å². The zero-order valence-electron chi connectivity index (χ0n) is 18.7. The minimum absolute atomic E-state index is 0.000726. The van der Waals surface area contributed by atoms with Crippen molar-refractivity contribution in [3.63, 3.8) is 0 Å². The van der Waals surface area contributed by atoms with Crippen LogP contribution in [-0.4, -0.2) is 52.1 Å². The van der Waals surface area contributed by atoms with Crippen LogP contribution in [0.5, 0.6) is 5.75 Å². The monoisotopic (exact) mass is 481 g/mol. The number of alkyl carbamates (subject to hydrolysis) is 1. The van der Waals surface area contributed by atoms with Crippen LogP contribution in [0.25, 0.3) is 16.7 Å². The van der Waals surface area contributed by atoms with E-state index in [0.717, 1.165) is 0 Å². The van der Waals surface area contributed by atoms with Crippen LogP contribution in [0.15, 0.2) is 36.5 Å². The van der Waals surface area contributed by atoms with Gasteiger partial charge in [-0.05, 0) is 51.1 Å². The van der Waals surface area contributed by atoms with Gasteiger partial charge in [0.1, 0.15) is 17.5 Å². The molecule has 0 radical (unpaired) electrons. The number of halogens is 4. The number of ether oxygens (including phenoxy) is 2. The highest BCUT2D eigenvalue weighted by molar-refractivity contribution is 5.93. The second-order valence-corrected chi connectivity index (χ2v) is 8.79. The summed E-state index contributed by atoms with van der Waals surface area (Å²) in [6.45, 7) is 5.64. The Hall–Kier alpha value is -3.57. The maximum atomic E-state index is 13.5. The molecule has 1 saturated heterocycles. The number of nitrogens with one attached hydrogen (secondary N) is 1. The number of hydrogen-bond donors (Lipinski definition) is 1. The van der Waals surface area contributed by atoms with E-state index in [9.17, 15) is 22.4 Å². The Bertz CT molecular complexity index is 1180. The maximum Gasteiger partial charge on any atom is 0.573 e. The van der Waals surface area contributed by atoms with Crippen LogP contribution in [0.2, 0.25) is 0 Å². The van der Waals surface area contributed by atoms with E-state index in [2.05, 4.69) is 20.1 Å². The van der Waals surface area contributed by atoms with E-state index in [1.807, 2.05) is 4.90 Å². The quantitative estimate of drug-likeness (QED) is 0.541. The maximum absolute atomic E-state index is 13.5. The lowest BCUT2D eigenvalue weighted by Crippen LogP contribution is -2.48. The van der Waals surface area contributed by atoms with Crippen LogP contribution in [0.3, 0.4) is 0 Å². The van der Waals surface area contributed by atoms with E-state index in [1.54, 1.807) is 33.0 Å². The first kappa shape index (κ1) is 23.6. The Morgan fingerprint density at radius 2 is 1.82 bits per heavy atom. The molecular formula is C22H23F4N5O3. The zero-order chi connectivity index (χ0) is 24.7. The van der Waals surface area contributed by atoms with Gasteiger partial charge in [-0.3, -0.25) is 0 Å². The predicted molar refractivity (Wildman–Crippen MR) is 116 cm³/mol. The van der Waals surface area contributed by atoms with Crippen molar-refractivity contribution in [3.05, 3.63) is 42.2 Å². The van der Waals surface area contributed by atoms with Crippen LogP contribution in [0.1, 0.15) is 26.5 Å². The number of fused-ring (bicyclic) bond motifs is 1. The van der Waals surface area contributed by atoms with Crippen LogP contribution < -0.4 is 15.0 Å². The van der Waals surface area contributed by atoms with Crippen molar-refractivity contribution in [2.75, 3.05) is 18.0 Å². The molecule has 1 aromatic carbocycles. The van der Waals surface area contributed by atoms with E-state index in [4.69, 9.17) is 4.74 Å². The summed E-state index contributed by atoms with van der Waals surface area (Å²) < 4.78 is 61.7. The summed E-state index contributed by atoms with van der Waals surface area (Å²) in [6, 6.07) is 6.89. The van der Waals surface area contributed by atoms with Crippen molar-refractivity contribution >= 4 is 22.8 Å². The molecule has 1 aliphatic rings. The van der Waals surface area contributed by atoms with Crippen LogP contribution >= 0.6 is 0 Å². The summed E-state index contributed by atoms with van der Waals surface area (Å²) in [4.78, 5) is 18.4. The molecule has 0 spiro atoms. The molecule has 1 fully saturated rings. The second-order valence-electron chi connectivity index (χ2n) is 8.79. The molecule has 0 unspecified atom stereocenters. The molecule has 1 aliphatic heterocycles. The summed E-state index contributed by atoms with van der Waals surface area (Å²) in [5.41, 5.74) is 1.29. The Balaban J connectivity index is 1.70. The molecule has 0 bridgehead atoms. The molecule has 12 heteroatoms. The van der Waals surface area contributed by atoms with E-state index >= 15 is 0 Å². The molecule has 0 saturated carbocycles. The smallest absolute Gasteiger partial charge is 0.444 e. The van der Waals surface area contributed by atoms with E-state index < -0.39 is 24.2 Å². The van der Waals surface area contributed by atoms with E-state index in [0.29, 0.717) is 28.1 Å². The molecule has 34 heavy (non-hydrogen) atoms. The number of pyridine rings is 1. The van der Waals surface area contributed by atoms with Gasteiger partial charge in [0.15, 0.2) is 5.65 Å². The highest BCUT2D eigenvalue weighted by Gasteiger charge is 2.32. The summed E-state index contributed by atoms with van der Waals surface area (Å²) in [6.07, 6.45) is -4.83. The van der Waals surface area contributed by atoms with Gasteiger partial charge in [-0.1, -0.05) is 0 Å². The average molecular weight is 481 g/mol. The average Bonchev–Trinajstić information content (AvgIpc) is 3.07. The first-order valence-corrected chi connectivity index (χ1v) is 10.5.